The number of oxazole rings is 1. The first-order chi connectivity index (χ1) is 11.9. The van der Waals surface area contributed by atoms with E-state index in [4.69, 9.17) is 9.40 Å². The van der Waals surface area contributed by atoms with Crippen molar-refractivity contribution in [1.29, 1.82) is 0 Å². The third-order valence-corrected chi connectivity index (χ3v) is 5.00. The van der Waals surface area contributed by atoms with Crippen molar-refractivity contribution in [2.24, 2.45) is 0 Å². The third kappa shape index (κ3) is 2.15. The summed E-state index contributed by atoms with van der Waals surface area (Å²) in [4.78, 5) is 10.5. The fraction of sp³-hybridized carbons (Fsp3) is 0. The van der Waals surface area contributed by atoms with Crippen molar-refractivity contribution in [2.75, 3.05) is 0 Å². The molecule has 114 valence electrons. The second-order valence-electron chi connectivity index (χ2n) is 5.52. The number of para-hydroxylation sites is 4. The second-order valence-corrected chi connectivity index (χ2v) is 6.49. The highest BCUT2D eigenvalue weighted by atomic mass is 32.2. The van der Waals surface area contributed by atoms with Crippen molar-refractivity contribution in [2.45, 2.75) is 10.1 Å². The molecule has 2 heterocycles. The van der Waals surface area contributed by atoms with Crippen LogP contribution in [-0.4, -0.2) is 9.97 Å². The normalized spacial score (nSPS) is 11.5. The summed E-state index contributed by atoms with van der Waals surface area (Å²) in [7, 11) is 0. The van der Waals surface area contributed by atoms with Gasteiger partial charge in [-0.2, -0.15) is 0 Å². The number of hydrogen-bond donors (Lipinski definition) is 0. The Hall–Kier alpha value is -2.85. The van der Waals surface area contributed by atoms with E-state index in [2.05, 4.69) is 17.1 Å². The van der Waals surface area contributed by atoms with E-state index < -0.39 is 0 Å². The maximum atomic E-state index is 5.90. The maximum absolute atomic E-state index is 5.90. The molecular formula is C20H12N2OS. The summed E-state index contributed by atoms with van der Waals surface area (Å²) in [5.74, 6) is 0. The predicted octanol–water partition coefficient (Wildman–Crippen LogP) is 5.68. The minimum absolute atomic E-state index is 0.651. The molecule has 0 bridgehead atoms. The number of hydrogen-bond acceptors (Lipinski definition) is 4. The summed E-state index contributed by atoms with van der Waals surface area (Å²) < 4.78 is 5.90. The van der Waals surface area contributed by atoms with Crippen LogP contribution >= 0.6 is 11.8 Å². The topological polar surface area (TPSA) is 38.9 Å². The number of aromatic nitrogens is 2. The molecule has 0 fully saturated rings. The molecule has 3 nitrogen and oxygen atoms in total. The highest BCUT2D eigenvalue weighted by Gasteiger charge is 2.13. The molecule has 0 unspecified atom stereocenters. The lowest BCUT2D eigenvalue weighted by molar-refractivity contribution is 0.489. The molecule has 0 spiro atoms. The van der Waals surface area contributed by atoms with Gasteiger partial charge in [0.05, 0.1) is 11.0 Å². The zero-order valence-corrected chi connectivity index (χ0v) is 13.5. The molecule has 5 rings (SSSR count). The Bertz CT molecular complexity index is 1110. The second kappa shape index (κ2) is 5.35. The molecule has 0 atom stereocenters. The summed E-state index contributed by atoms with van der Waals surface area (Å²) >= 11 is 1.55. The van der Waals surface area contributed by atoms with Gasteiger partial charge >= 0.3 is 0 Å². The predicted molar refractivity (Wildman–Crippen MR) is 97.4 cm³/mol. The maximum Gasteiger partial charge on any atom is 0.261 e. The first-order valence-corrected chi connectivity index (χ1v) is 8.51. The van der Waals surface area contributed by atoms with Crippen molar-refractivity contribution in [1.82, 2.24) is 9.97 Å². The van der Waals surface area contributed by atoms with Gasteiger partial charge in [-0.25, -0.2) is 9.97 Å². The van der Waals surface area contributed by atoms with Crippen LogP contribution in [-0.2, 0) is 0 Å². The van der Waals surface area contributed by atoms with Crippen molar-refractivity contribution in [3.8, 4) is 0 Å². The number of rotatable bonds is 2. The Morgan fingerprint density at radius 3 is 1.88 bits per heavy atom. The lowest BCUT2D eigenvalue weighted by Gasteiger charge is -2.08. The van der Waals surface area contributed by atoms with Gasteiger partial charge in [0.2, 0.25) is 0 Å². The number of benzene rings is 3. The van der Waals surface area contributed by atoms with Gasteiger partial charge in [-0.1, -0.05) is 48.5 Å². The molecule has 5 aromatic rings. The molecule has 0 N–H and O–H groups in total. The Morgan fingerprint density at radius 2 is 1.21 bits per heavy atom. The minimum Gasteiger partial charge on any atom is -0.431 e. The van der Waals surface area contributed by atoms with Crippen LogP contribution in [0.25, 0.3) is 32.9 Å². The molecule has 0 saturated carbocycles. The van der Waals surface area contributed by atoms with Gasteiger partial charge in [-0.3, -0.25) is 0 Å². The average molecular weight is 328 g/mol. The molecule has 2 aromatic heterocycles. The molecule has 3 aromatic carbocycles. The first kappa shape index (κ1) is 13.6. The van der Waals surface area contributed by atoms with Crippen molar-refractivity contribution < 1.29 is 4.42 Å². The molecule has 4 heteroatoms. The van der Waals surface area contributed by atoms with Crippen LogP contribution in [0.2, 0.25) is 0 Å². The van der Waals surface area contributed by atoms with Crippen LogP contribution in [0, 0.1) is 0 Å². The largest absolute Gasteiger partial charge is 0.431 e. The van der Waals surface area contributed by atoms with E-state index in [1.165, 1.54) is 0 Å². The van der Waals surface area contributed by atoms with Gasteiger partial charge in [0.15, 0.2) is 5.58 Å². The lowest BCUT2D eigenvalue weighted by Crippen LogP contribution is -1.87. The van der Waals surface area contributed by atoms with E-state index in [0.29, 0.717) is 5.22 Å². The Morgan fingerprint density at radius 1 is 0.625 bits per heavy atom. The van der Waals surface area contributed by atoms with Crippen LogP contribution in [0.15, 0.2) is 87.3 Å². The van der Waals surface area contributed by atoms with Crippen LogP contribution in [0.1, 0.15) is 0 Å². The van der Waals surface area contributed by atoms with Crippen LogP contribution in [0.3, 0.4) is 0 Å². The molecule has 0 radical (unpaired) electrons. The number of nitrogens with zero attached hydrogens (tertiary/aromatic N) is 2. The summed E-state index contributed by atoms with van der Waals surface area (Å²) in [6.45, 7) is 0. The lowest BCUT2D eigenvalue weighted by atomic mass is 10.1. The van der Waals surface area contributed by atoms with Crippen molar-refractivity contribution in [3.63, 3.8) is 0 Å². The summed E-state index contributed by atoms with van der Waals surface area (Å²) in [6, 6.07) is 24.2. The highest BCUT2D eigenvalue weighted by molar-refractivity contribution is 7.99. The van der Waals surface area contributed by atoms with Crippen LogP contribution in [0.4, 0.5) is 0 Å². The fourth-order valence-electron chi connectivity index (χ4n) is 2.89. The Labute approximate surface area is 142 Å². The quantitative estimate of drug-likeness (QED) is 0.391. The Balaban J connectivity index is 1.76. The van der Waals surface area contributed by atoms with E-state index in [9.17, 15) is 0 Å². The van der Waals surface area contributed by atoms with Gasteiger partial charge in [-0.05, 0) is 36.0 Å². The zero-order valence-electron chi connectivity index (χ0n) is 12.6. The monoisotopic (exact) mass is 328 g/mol. The fourth-order valence-corrected chi connectivity index (χ4v) is 3.91. The molecule has 0 aliphatic heterocycles. The van der Waals surface area contributed by atoms with Gasteiger partial charge < -0.3 is 4.42 Å². The van der Waals surface area contributed by atoms with Gasteiger partial charge in [-0.15, -0.1) is 0 Å². The standard InChI is InChI=1S/C20H12N2OS/c1-3-9-15-13(7-1)19(14-8-2-4-10-16(14)21-15)24-20-22-17-11-5-6-12-18(17)23-20/h1-12H. The summed E-state index contributed by atoms with van der Waals surface area (Å²) in [5, 5.41) is 2.88. The molecule has 0 amide bonds. The summed E-state index contributed by atoms with van der Waals surface area (Å²) in [5.41, 5.74) is 3.65. The average Bonchev–Trinajstić information content (AvgIpc) is 3.04. The van der Waals surface area contributed by atoms with E-state index in [1.54, 1.807) is 11.8 Å². The SMILES string of the molecule is c1ccc2oc(Sc3c4ccccc4nc4ccccc34)nc2c1. The number of fused-ring (bicyclic) bond motifs is 3. The highest BCUT2D eigenvalue weighted by Crippen LogP contribution is 2.38. The Kier molecular flexibility index (Phi) is 3.03. The van der Waals surface area contributed by atoms with E-state index in [0.717, 1.165) is 37.8 Å². The van der Waals surface area contributed by atoms with E-state index >= 15 is 0 Å². The summed E-state index contributed by atoms with van der Waals surface area (Å²) in [6.07, 6.45) is 0. The number of pyridine rings is 1. The zero-order chi connectivity index (χ0) is 15.9. The molecule has 0 saturated heterocycles. The van der Waals surface area contributed by atoms with Gasteiger partial charge in [0.1, 0.15) is 5.52 Å². The first-order valence-electron chi connectivity index (χ1n) is 7.69. The van der Waals surface area contributed by atoms with Crippen molar-refractivity contribution >= 4 is 44.7 Å². The molecule has 0 aliphatic rings. The van der Waals surface area contributed by atoms with Gasteiger partial charge in [0.25, 0.3) is 5.22 Å². The molecule has 24 heavy (non-hydrogen) atoms. The minimum atomic E-state index is 0.651. The molecule has 0 aliphatic carbocycles. The van der Waals surface area contributed by atoms with Crippen LogP contribution < -0.4 is 0 Å². The smallest absolute Gasteiger partial charge is 0.261 e. The molecular weight excluding hydrogens is 316 g/mol. The van der Waals surface area contributed by atoms with Crippen molar-refractivity contribution in [3.05, 3.63) is 72.8 Å². The van der Waals surface area contributed by atoms with E-state index in [1.807, 2.05) is 60.7 Å². The third-order valence-electron chi connectivity index (χ3n) is 4.00. The van der Waals surface area contributed by atoms with E-state index in [-0.39, 0.29) is 0 Å². The van der Waals surface area contributed by atoms with Crippen LogP contribution in [0.5, 0.6) is 0 Å². The van der Waals surface area contributed by atoms with Gasteiger partial charge in [0, 0.05) is 15.7 Å².